The van der Waals surface area contributed by atoms with Crippen molar-refractivity contribution in [3.63, 3.8) is 0 Å². The van der Waals surface area contributed by atoms with Gasteiger partial charge in [-0.05, 0) is 24.1 Å². The number of methoxy groups -OCH3 is 3. The van der Waals surface area contributed by atoms with Crippen molar-refractivity contribution < 1.29 is 14.2 Å². The lowest BCUT2D eigenvalue weighted by atomic mass is 10.0. The van der Waals surface area contributed by atoms with E-state index in [4.69, 9.17) is 19.9 Å². The number of ether oxygens (including phenoxy) is 3. The van der Waals surface area contributed by atoms with Crippen LogP contribution in [0.1, 0.15) is 18.0 Å². The first-order chi connectivity index (χ1) is 8.17. The Labute approximate surface area is 102 Å². The van der Waals surface area contributed by atoms with Gasteiger partial charge in [-0.1, -0.05) is 6.08 Å². The smallest absolute Gasteiger partial charge is 0.203 e. The van der Waals surface area contributed by atoms with Crippen molar-refractivity contribution in [3.8, 4) is 17.2 Å². The standard InChI is InChI=1S/C13H19NO3/c1-5-6-10(14)9-7-11(15-2)13(17-4)12(8-9)16-3/h5,7-8,10H,1,6,14H2,2-4H3/t10-/m1/s1. The van der Waals surface area contributed by atoms with Gasteiger partial charge in [-0.15, -0.1) is 6.58 Å². The highest BCUT2D eigenvalue weighted by atomic mass is 16.5. The number of hydrogen-bond acceptors (Lipinski definition) is 4. The van der Waals surface area contributed by atoms with Crippen molar-refractivity contribution >= 4 is 0 Å². The lowest BCUT2D eigenvalue weighted by Gasteiger charge is -2.16. The lowest BCUT2D eigenvalue weighted by molar-refractivity contribution is 0.323. The molecular weight excluding hydrogens is 218 g/mol. The van der Waals surface area contributed by atoms with Gasteiger partial charge in [0.05, 0.1) is 21.3 Å². The third kappa shape index (κ3) is 2.91. The van der Waals surface area contributed by atoms with E-state index in [1.807, 2.05) is 12.1 Å². The van der Waals surface area contributed by atoms with Crippen LogP contribution in [0.4, 0.5) is 0 Å². The van der Waals surface area contributed by atoms with E-state index in [1.165, 1.54) is 0 Å². The Hall–Kier alpha value is -1.68. The van der Waals surface area contributed by atoms with Crippen LogP contribution in [0.3, 0.4) is 0 Å². The molecule has 94 valence electrons. The van der Waals surface area contributed by atoms with Gasteiger partial charge in [-0.2, -0.15) is 0 Å². The molecule has 4 heteroatoms. The summed E-state index contributed by atoms with van der Waals surface area (Å²) in [5.74, 6) is 1.80. The first-order valence-electron chi connectivity index (χ1n) is 5.34. The van der Waals surface area contributed by atoms with E-state index in [-0.39, 0.29) is 6.04 Å². The third-order valence-electron chi connectivity index (χ3n) is 2.54. The minimum Gasteiger partial charge on any atom is -0.493 e. The number of hydrogen-bond donors (Lipinski definition) is 1. The van der Waals surface area contributed by atoms with Crippen LogP contribution in [0.25, 0.3) is 0 Å². The van der Waals surface area contributed by atoms with Gasteiger partial charge in [0.2, 0.25) is 5.75 Å². The zero-order valence-corrected chi connectivity index (χ0v) is 10.5. The molecule has 1 aromatic carbocycles. The molecule has 0 bridgehead atoms. The fourth-order valence-electron chi connectivity index (χ4n) is 1.63. The van der Waals surface area contributed by atoms with Gasteiger partial charge in [0.1, 0.15) is 0 Å². The molecule has 0 aliphatic heterocycles. The minimum atomic E-state index is -0.124. The van der Waals surface area contributed by atoms with Gasteiger partial charge in [0.15, 0.2) is 11.5 Å². The summed E-state index contributed by atoms with van der Waals surface area (Å²) < 4.78 is 15.8. The molecule has 0 unspecified atom stereocenters. The highest BCUT2D eigenvalue weighted by Gasteiger charge is 2.15. The quantitative estimate of drug-likeness (QED) is 0.771. The van der Waals surface area contributed by atoms with E-state index in [1.54, 1.807) is 27.4 Å². The van der Waals surface area contributed by atoms with E-state index in [2.05, 4.69) is 6.58 Å². The summed E-state index contributed by atoms with van der Waals surface area (Å²) in [5.41, 5.74) is 6.95. The van der Waals surface area contributed by atoms with Crippen LogP contribution < -0.4 is 19.9 Å². The molecule has 0 aromatic heterocycles. The normalized spacial score (nSPS) is 11.8. The predicted molar refractivity (Wildman–Crippen MR) is 67.8 cm³/mol. The summed E-state index contributed by atoms with van der Waals surface area (Å²) >= 11 is 0. The summed E-state index contributed by atoms with van der Waals surface area (Å²) in [6, 6.07) is 3.59. The van der Waals surface area contributed by atoms with Gasteiger partial charge in [-0.25, -0.2) is 0 Å². The molecule has 0 aliphatic carbocycles. The zero-order valence-electron chi connectivity index (χ0n) is 10.5. The molecule has 0 aliphatic rings. The molecule has 0 saturated carbocycles. The fourth-order valence-corrected chi connectivity index (χ4v) is 1.63. The van der Waals surface area contributed by atoms with E-state index in [9.17, 15) is 0 Å². The van der Waals surface area contributed by atoms with Crippen molar-refractivity contribution in [3.05, 3.63) is 30.4 Å². The Morgan fingerprint density at radius 3 is 2.06 bits per heavy atom. The lowest BCUT2D eigenvalue weighted by Crippen LogP contribution is -2.10. The van der Waals surface area contributed by atoms with Crippen LogP contribution in [0.15, 0.2) is 24.8 Å². The van der Waals surface area contributed by atoms with E-state index in [0.29, 0.717) is 23.7 Å². The molecule has 2 N–H and O–H groups in total. The highest BCUT2D eigenvalue weighted by molar-refractivity contribution is 5.54. The second-order valence-electron chi connectivity index (χ2n) is 3.59. The summed E-state index contributed by atoms with van der Waals surface area (Å²) in [4.78, 5) is 0. The van der Waals surface area contributed by atoms with Crippen LogP contribution >= 0.6 is 0 Å². The van der Waals surface area contributed by atoms with Crippen molar-refractivity contribution in [2.45, 2.75) is 12.5 Å². The maximum atomic E-state index is 6.02. The van der Waals surface area contributed by atoms with Crippen molar-refractivity contribution in [2.75, 3.05) is 21.3 Å². The first kappa shape index (κ1) is 13.4. The van der Waals surface area contributed by atoms with Crippen molar-refractivity contribution in [1.82, 2.24) is 0 Å². The molecule has 1 aromatic rings. The Morgan fingerprint density at radius 2 is 1.71 bits per heavy atom. The molecule has 0 heterocycles. The van der Waals surface area contributed by atoms with Gasteiger partial charge >= 0.3 is 0 Å². The molecule has 4 nitrogen and oxygen atoms in total. The first-order valence-corrected chi connectivity index (χ1v) is 5.34. The Morgan fingerprint density at radius 1 is 1.18 bits per heavy atom. The zero-order chi connectivity index (χ0) is 12.8. The summed E-state index contributed by atoms with van der Waals surface area (Å²) in [7, 11) is 4.74. The Kier molecular flexibility index (Phi) is 4.84. The average molecular weight is 237 g/mol. The molecule has 0 radical (unpaired) electrons. The minimum absolute atomic E-state index is 0.124. The van der Waals surface area contributed by atoms with Gasteiger partial charge in [-0.3, -0.25) is 0 Å². The van der Waals surface area contributed by atoms with E-state index in [0.717, 1.165) is 5.56 Å². The summed E-state index contributed by atoms with van der Waals surface area (Å²) in [6.07, 6.45) is 2.48. The maximum absolute atomic E-state index is 6.02. The van der Waals surface area contributed by atoms with Crippen molar-refractivity contribution in [2.24, 2.45) is 5.73 Å². The summed E-state index contributed by atoms with van der Waals surface area (Å²) in [5, 5.41) is 0. The molecular formula is C13H19NO3. The SMILES string of the molecule is C=CC[C@@H](N)c1cc(OC)c(OC)c(OC)c1. The van der Waals surface area contributed by atoms with E-state index >= 15 is 0 Å². The van der Waals surface area contributed by atoms with Crippen LogP contribution in [0, 0.1) is 0 Å². The topological polar surface area (TPSA) is 53.7 Å². The number of rotatable bonds is 6. The van der Waals surface area contributed by atoms with Gasteiger partial charge < -0.3 is 19.9 Å². The van der Waals surface area contributed by atoms with Crippen LogP contribution in [0.5, 0.6) is 17.2 Å². The number of benzene rings is 1. The van der Waals surface area contributed by atoms with Crippen LogP contribution in [0.2, 0.25) is 0 Å². The predicted octanol–water partition coefficient (Wildman–Crippen LogP) is 2.29. The average Bonchev–Trinajstić information content (AvgIpc) is 2.37. The van der Waals surface area contributed by atoms with Crippen molar-refractivity contribution in [1.29, 1.82) is 0 Å². The highest BCUT2D eigenvalue weighted by Crippen LogP contribution is 2.39. The summed E-state index contributed by atoms with van der Waals surface area (Å²) in [6.45, 7) is 3.68. The van der Waals surface area contributed by atoms with Gasteiger partial charge in [0.25, 0.3) is 0 Å². The monoisotopic (exact) mass is 237 g/mol. The van der Waals surface area contributed by atoms with Crippen LogP contribution in [-0.4, -0.2) is 21.3 Å². The molecule has 0 spiro atoms. The Bertz CT molecular complexity index is 365. The molecule has 17 heavy (non-hydrogen) atoms. The molecule has 1 rings (SSSR count). The fraction of sp³-hybridized carbons (Fsp3) is 0.385. The van der Waals surface area contributed by atoms with Gasteiger partial charge in [0, 0.05) is 6.04 Å². The largest absolute Gasteiger partial charge is 0.493 e. The Balaban J connectivity index is 3.21. The maximum Gasteiger partial charge on any atom is 0.203 e. The molecule has 0 fully saturated rings. The second kappa shape index (κ2) is 6.15. The van der Waals surface area contributed by atoms with Crippen LogP contribution in [-0.2, 0) is 0 Å². The second-order valence-corrected chi connectivity index (χ2v) is 3.59. The molecule has 0 amide bonds. The molecule has 0 saturated heterocycles. The third-order valence-corrected chi connectivity index (χ3v) is 2.54. The number of nitrogens with two attached hydrogens (primary N) is 1. The molecule has 1 atom stereocenters. The van der Waals surface area contributed by atoms with E-state index < -0.39 is 0 Å².